The molecule has 3 rings (SSSR count). The zero-order chi connectivity index (χ0) is 11.8. The molecule has 1 heterocycles. The van der Waals surface area contributed by atoms with Gasteiger partial charge in [0.2, 0.25) is 0 Å². The molecule has 17 heavy (non-hydrogen) atoms. The summed E-state index contributed by atoms with van der Waals surface area (Å²) in [5, 5.41) is 0.801. The second kappa shape index (κ2) is 4.28. The lowest BCUT2D eigenvalue weighted by molar-refractivity contribution is 1.14. The molecule has 0 atom stereocenters. The molecule has 0 spiro atoms. The zero-order valence-corrected chi connectivity index (χ0v) is 11.1. The number of rotatable bonds is 0. The Hall–Kier alpha value is -1.12. The van der Waals surface area contributed by atoms with Crippen LogP contribution in [-0.4, -0.2) is 7.05 Å². The standard InChI is InChI=1S/C14H12ClNS/c1-16-13-5-3-2-4-10(13)8-11-6-7-12(15)9-14(11)17-16/h2-7,9H,8H2,1H3. The zero-order valence-electron chi connectivity index (χ0n) is 9.48. The molecule has 86 valence electrons. The van der Waals surface area contributed by atoms with Crippen LogP contribution >= 0.6 is 23.5 Å². The first-order valence-corrected chi connectivity index (χ1v) is 6.67. The van der Waals surface area contributed by atoms with Crippen molar-refractivity contribution in [2.24, 2.45) is 0 Å². The van der Waals surface area contributed by atoms with Gasteiger partial charge in [-0.3, -0.25) is 0 Å². The molecule has 0 aliphatic carbocycles. The fraction of sp³-hybridized carbons (Fsp3) is 0.143. The highest BCUT2D eigenvalue weighted by atomic mass is 35.5. The second-order valence-electron chi connectivity index (χ2n) is 4.15. The van der Waals surface area contributed by atoms with Crippen LogP contribution in [0.2, 0.25) is 5.02 Å². The molecule has 0 saturated carbocycles. The number of anilines is 1. The summed E-state index contributed by atoms with van der Waals surface area (Å²) < 4.78 is 2.21. The minimum absolute atomic E-state index is 0.801. The van der Waals surface area contributed by atoms with Crippen molar-refractivity contribution in [3.8, 4) is 0 Å². The van der Waals surface area contributed by atoms with E-state index in [1.165, 1.54) is 21.7 Å². The summed E-state index contributed by atoms with van der Waals surface area (Å²) in [6.45, 7) is 0. The largest absolute Gasteiger partial charge is 0.315 e. The minimum Gasteiger partial charge on any atom is -0.315 e. The predicted octanol–water partition coefficient (Wildman–Crippen LogP) is 4.39. The van der Waals surface area contributed by atoms with Crippen LogP contribution in [0.15, 0.2) is 47.4 Å². The van der Waals surface area contributed by atoms with Gasteiger partial charge in [0.05, 0.1) is 5.69 Å². The topological polar surface area (TPSA) is 3.24 Å². The Morgan fingerprint density at radius 1 is 1.12 bits per heavy atom. The van der Waals surface area contributed by atoms with Gasteiger partial charge in [0.25, 0.3) is 0 Å². The van der Waals surface area contributed by atoms with Gasteiger partial charge >= 0.3 is 0 Å². The Morgan fingerprint density at radius 3 is 2.82 bits per heavy atom. The summed E-state index contributed by atoms with van der Waals surface area (Å²) in [5.41, 5.74) is 3.99. The third-order valence-corrected chi connectivity index (χ3v) is 4.26. The van der Waals surface area contributed by atoms with Crippen LogP contribution in [0.4, 0.5) is 5.69 Å². The van der Waals surface area contributed by atoms with Crippen LogP contribution in [-0.2, 0) is 6.42 Å². The molecule has 2 aromatic carbocycles. The van der Waals surface area contributed by atoms with E-state index in [1.54, 1.807) is 11.9 Å². The Morgan fingerprint density at radius 2 is 1.94 bits per heavy atom. The Labute approximate surface area is 111 Å². The third-order valence-electron chi connectivity index (χ3n) is 2.98. The van der Waals surface area contributed by atoms with E-state index in [-0.39, 0.29) is 0 Å². The molecule has 2 aromatic rings. The molecule has 0 unspecified atom stereocenters. The first kappa shape index (κ1) is 11.0. The van der Waals surface area contributed by atoms with Crippen molar-refractivity contribution in [3.63, 3.8) is 0 Å². The normalized spacial score (nSPS) is 13.9. The maximum atomic E-state index is 6.06. The van der Waals surface area contributed by atoms with Gasteiger partial charge in [-0.2, -0.15) is 0 Å². The molecule has 0 radical (unpaired) electrons. The molecular formula is C14H12ClNS. The molecule has 0 bridgehead atoms. The first-order chi connectivity index (χ1) is 8.24. The first-order valence-electron chi connectivity index (χ1n) is 5.52. The third kappa shape index (κ3) is 2.03. The van der Waals surface area contributed by atoms with E-state index >= 15 is 0 Å². The molecule has 0 saturated heterocycles. The average molecular weight is 262 g/mol. The average Bonchev–Trinajstić information content (AvgIpc) is 2.46. The summed E-state index contributed by atoms with van der Waals surface area (Å²) in [6.07, 6.45) is 0.972. The van der Waals surface area contributed by atoms with Gasteiger partial charge in [-0.05, 0) is 41.3 Å². The lowest BCUT2D eigenvalue weighted by Gasteiger charge is -2.17. The summed E-state index contributed by atoms with van der Waals surface area (Å²) in [6, 6.07) is 14.7. The Balaban J connectivity index is 2.13. The van der Waals surface area contributed by atoms with Crippen LogP contribution in [0.25, 0.3) is 0 Å². The van der Waals surface area contributed by atoms with Crippen molar-refractivity contribution < 1.29 is 0 Å². The quantitative estimate of drug-likeness (QED) is 0.647. The SMILES string of the molecule is CN1Sc2cc(Cl)ccc2Cc2ccccc21. The summed E-state index contributed by atoms with van der Waals surface area (Å²) in [4.78, 5) is 1.25. The van der Waals surface area contributed by atoms with Gasteiger partial charge in [-0.15, -0.1) is 0 Å². The molecule has 0 amide bonds. The predicted molar refractivity (Wildman–Crippen MR) is 75.0 cm³/mol. The molecule has 0 N–H and O–H groups in total. The van der Waals surface area contributed by atoms with E-state index in [0.29, 0.717) is 0 Å². The van der Waals surface area contributed by atoms with E-state index in [4.69, 9.17) is 11.6 Å². The van der Waals surface area contributed by atoms with Gasteiger partial charge in [0, 0.05) is 23.4 Å². The van der Waals surface area contributed by atoms with E-state index in [9.17, 15) is 0 Å². The van der Waals surface area contributed by atoms with Crippen molar-refractivity contribution in [2.75, 3.05) is 11.4 Å². The number of para-hydroxylation sites is 1. The van der Waals surface area contributed by atoms with Crippen LogP contribution in [0.1, 0.15) is 11.1 Å². The van der Waals surface area contributed by atoms with Gasteiger partial charge in [-0.1, -0.05) is 35.9 Å². The van der Waals surface area contributed by atoms with E-state index < -0.39 is 0 Å². The van der Waals surface area contributed by atoms with Crippen molar-refractivity contribution >= 4 is 29.2 Å². The summed E-state index contributed by atoms with van der Waals surface area (Å²) in [5.74, 6) is 0. The van der Waals surface area contributed by atoms with Crippen LogP contribution < -0.4 is 4.31 Å². The molecule has 1 nitrogen and oxygen atoms in total. The van der Waals surface area contributed by atoms with Gasteiger partial charge in [0.15, 0.2) is 0 Å². The van der Waals surface area contributed by atoms with Gasteiger partial charge in [0.1, 0.15) is 0 Å². The minimum atomic E-state index is 0.801. The fourth-order valence-corrected chi connectivity index (χ4v) is 3.37. The second-order valence-corrected chi connectivity index (χ2v) is 5.75. The number of fused-ring (bicyclic) bond motifs is 2. The van der Waals surface area contributed by atoms with Crippen molar-refractivity contribution in [1.29, 1.82) is 0 Å². The Kier molecular flexibility index (Phi) is 2.77. The van der Waals surface area contributed by atoms with Crippen LogP contribution in [0, 0.1) is 0 Å². The lowest BCUT2D eigenvalue weighted by Crippen LogP contribution is -2.06. The number of nitrogens with zero attached hydrogens (tertiary/aromatic N) is 1. The van der Waals surface area contributed by atoms with E-state index in [2.05, 4.69) is 41.7 Å². The van der Waals surface area contributed by atoms with Crippen molar-refractivity contribution in [1.82, 2.24) is 0 Å². The van der Waals surface area contributed by atoms with Crippen LogP contribution in [0.3, 0.4) is 0 Å². The molecule has 0 aromatic heterocycles. The number of hydrogen-bond acceptors (Lipinski definition) is 2. The highest BCUT2D eigenvalue weighted by molar-refractivity contribution is 8.00. The van der Waals surface area contributed by atoms with E-state index in [1.807, 2.05) is 12.1 Å². The van der Waals surface area contributed by atoms with Crippen LogP contribution in [0.5, 0.6) is 0 Å². The van der Waals surface area contributed by atoms with E-state index in [0.717, 1.165) is 11.4 Å². The lowest BCUT2D eigenvalue weighted by atomic mass is 10.0. The molecule has 1 aliphatic heterocycles. The maximum absolute atomic E-state index is 6.06. The Bertz CT molecular complexity index is 568. The smallest absolute Gasteiger partial charge is 0.0505 e. The number of hydrogen-bond donors (Lipinski definition) is 0. The number of halogens is 1. The van der Waals surface area contributed by atoms with Crippen molar-refractivity contribution in [3.05, 3.63) is 58.6 Å². The molecular weight excluding hydrogens is 250 g/mol. The number of benzene rings is 2. The molecule has 3 heteroatoms. The van der Waals surface area contributed by atoms with Gasteiger partial charge in [-0.25, -0.2) is 0 Å². The highest BCUT2D eigenvalue weighted by Crippen LogP contribution is 2.38. The summed E-state index contributed by atoms with van der Waals surface area (Å²) >= 11 is 7.80. The monoisotopic (exact) mass is 261 g/mol. The van der Waals surface area contributed by atoms with Gasteiger partial charge < -0.3 is 4.31 Å². The highest BCUT2D eigenvalue weighted by Gasteiger charge is 2.17. The van der Waals surface area contributed by atoms with Crippen molar-refractivity contribution in [2.45, 2.75) is 11.3 Å². The molecule has 1 aliphatic rings. The summed E-state index contributed by atoms with van der Waals surface area (Å²) in [7, 11) is 2.10. The fourth-order valence-electron chi connectivity index (χ4n) is 2.13. The maximum Gasteiger partial charge on any atom is 0.0505 e. The molecule has 0 fully saturated rings.